The van der Waals surface area contributed by atoms with Crippen LogP contribution in [-0.4, -0.2) is 51.8 Å². The van der Waals surface area contributed by atoms with Gasteiger partial charge in [-0.2, -0.15) is 0 Å². The van der Waals surface area contributed by atoms with Crippen LogP contribution >= 0.6 is 0 Å². The summed E-state index contributed by atoms with van der Waals surface area (Å²) in [4.78, 5) is 29.6. The number of piperazine rings is 1. The van der Waals surface area contributed by atoms with Crippen molar-refractivity contribution in [2.45, 2.75) is 51.8 Å². The normalized spacial score (nSPS) is 19.5. The Morgan fingerprint density at radius 3 is 2.77 bits per heavy atom. The average molecular weight is 360 g/mol. The predicted molar refractivity (Wildman–Crippen MR) is 101 cm³/mol. The highest BCUT2D eigenvalue weighted by molar-refractivity contribution is 5.75. The summed E-state index contributed by atoms with van der Waals surface area (Å²) < 4.78 is 7.32. The van der Waals surface area contributed by atoms with E-state index in [0.29, 0.717) is 19.6 Å². The number of benzene rings is 1. The first-order valence-corrected chi connectivity index (χ1v) is 9.20. The van der Waals surface area contributed by atoms with Gasteiger partial charge in [0.15, 0.2) is 0 Å². The molecule has 2 N–H and O–H groups in total. The second kappa shape index (κ2) is 7.15. The second-order valence-electron chi connectivity index (χ2n) is 7.78. The van der Waals surface area contributed by atoms with Crippen molar-refractivity contribution in [3.8, 4) is 0 Å². The largest absolute Gasteiger partial charge is 0.444 e. The summed E-state index contributed by atoms with van der Waals surface area (Å²) in [6.45, 7) is 9.45. The Balaban J connectivity index is 1.85. The molecule has 1 aromatic heterocycles. The van der Waals surface area contributed by atoms with Gasteiger partial charge >= 0.3 is 11.8 Å². The number of nitrogens with zero attached hydrogens (tertiary/aromatic N) is 2. The summed E-state index contributed by atoms with van der Waals surface area (Å²) in [5, 5.41) is 3.47. The first-order chi connectivity index (χ1) is 12.3. The number of aromatic amines is 1. The number of fused-ring (bicyclic) bond motifs is 1. The van der Waals surface area contributed by atoms with Gasteiger partial charge in [0.2, 0.25) is 0 Å². The Kier molecular flexibility index (Phi) is 5.09. The van der Waals surface area contributed by atoms with Crippen molar-refractivity contribution in [1.82, 2.24) is 19.8 Å². The third-order valence-electron chi connectivity index (χ3n) is 4.70. The third-order valence-corrected chi connectivity index (χ3v) is 4.70. The van der Waals surface area contributed by atoms with E-state index in [9.17, 15) is 9.59 Å². The van der Waals surface area contributed by atoms with E-state index in [2.05, 4.69) is 17.2 Å². The van der Waals surface area contributed by atoms with E-state index in [1.165, 1.54) is 0 Å². The van der Waals surface area contributed by atoms with Crippen LogP contribution in [0.4, 0.5) is 4.79 Å². The van der Waals surface area contributed by atoms with Crippen LogP contribution in [0.25, 0.3) is 11.0 Å². The Morgan fingerprint density at radius 1 is 1.35 bits per heavy atom. The number of imidazole rings is 1. The maximum Gasteiger partial charge on any atom is 0.410 e. The molecule has 0 aliphatic carbocycles. The Labute approximate surface area is 153 Å². The van der Waals surface area contributed by atoms with E-state index in [0.717, 1.165) is 17.5 Å². The molecule has 1 aliphatic rings. The quantitative estimate of drug-likeness (QED) is 0.881. The van der Waals surface area contributed by atoms with Crippen LogP contribution in [0.3, 0.4) is 0 Å². The standard InChI is InChI=1S/C19H28N4O3/c1-5-15(23-16-9-7-6-8-13(16)21-17(23)24)14-12-22(11-10-20-14)18(25)26-19(2,3)4/h6-9,14-15,20H,5,10-12H2,1-4H3,(H,21,24). The number of H-pyrrole nitrogens is 1. The second-order valence-corrected chi connectivity index (χ2v) is 7.78. The van der Waals surface area contributed by atoms with Gasteiger partial charge in [0, 0.05) is 25.7 Å². The van der Waals surface area contributed by atoms with Gasteiger partial charge in [0.05, 0.1) is 17.1 Å². The van der Waals surface area contributed by atoms with Crippen molar-refractivity contribution in [2.75, 3.05) is 19.6 Å². The molecular formula is C19H28N4O3. The van der Waals surface area contributed by atoms with Gasteiger partial charge in [-0.05, 0) is 39.3 Å². The highest BCUT2D eigenvalue weighted by atomic mass is 16.6. The van der Waals surface area contributed by atoms with Crippen molar-refractivity contribution in [2.24, 2.45) is 0 Å². The highest BCUT2D eigenvalue weighted by Crippen LogP contribution is 2.23. The number of carbonyl (C=O) groups excluding carboxylic acids is 1. The molecule has 7 nitrogen and oxygen atoms in total. The molecule has 1 aromatic carbocycles. The molecule has 1 saturated heterocycles. The monoisotopic (exact) mass is 360 g/mol. The van der Waals surface area contributed by atoms with Crippen molar-refractivity contribution in [3.05, 3.63) is 34.7 Å². The van der Waals surface area contributed by atoms with E-state index in [1.807, 2.05) is 49.6 Å². The van der Waals surface area contributed by atoms with Crippen LogP contribution in [0.2, 0.25) is 0 Å². The number of rotatable bonds is 3. The zero-order valence-corrected chi connectivity index (χ0v) is 15.9. The van der Waals surface area contributed by atoms with Crippen molar-refractivity contribution < 1.29 is 9.53 Å². The molecule has 0 saturated carbocycles. The van der Waals surface area contributed by atoms with Gasteiger partial charge in [-0.15, -0.1) is 0 Å². The fourth-order valence-corrected chi connectivity index (χ4v) is 3.58. The predicted octanol–water partition coefficient (Wildman–Crippen LogP) is 2.49. The lowest BCUT2D eigenvalue weighted by molar-refractivity contribution is 0.0174. The fraction of sp³-hybridized carbons (Fsp3) is 0.579. The van der Waals surface area contributed by atoms with Gasteiger partial charge in [0.1, 0.15) is 5.60 Å². The molecule has 142 valence electrons. The number of hydrogen-bond donors (Lipinski definition) is 2. The first-order valence-electron chi connectivity index (χ1n) is 9.20. The molecule has 7 heteroatoms. The van der Waals surface area contributed by atoms with Gasteiger partial charge in [0.25, 0.3) is 0 Å². The minimum absolute atomic E-state index is 0.0156. The molecule has 3 rings (SSSR count). The Bertz CT molecular complexity index is 833. The molecule has 26 heavy (non-hydrogen) atoms. The smallest absolute Gasteiger partial charge is 0.410 e. The Hall–Kier alpha value is -2.28. The van der Waals surface area contributed by atoms with Crippen LogP contribution in [0.1, 0.15) is 40.2 Å². The number of carbonyl (C=O) groups is 1. The lowest BCUT2D eigenvalue weighted by Crippen LogP contribution is -2.56. The zero-order valence-electron chi connectivity index (χ0n) is 15.9. The van der Waals surface area contributed by atoms with Gasteiger partial charge < -0.3 is 19.9 Å². The number of para-hydroxylation sites is 2. The van der Waals surface area contributed by atoms with Crippen molar-refractivity contribution in [3.63, 3.8) is 0 Å². The van der Waals surface area contributed by atoms with E-state index < -0.39 is 5.60 Å². The van der Waals surface area contributed by atoms with Crippen LogP contribution in [0, 0.1) is 0 Å². The molecule has 0 spiro atoms. The summed E-state index contributed by atoms with van der Waals surface area (Å²) in [6, 6.07) is 7.63. The minimum Gasteiger partial charge on any atom is -0.444 e. The van der Waals surface area contributed by atoms with E-state index in [4.69, 9.17) is 4.74 Å². The Morgan fingerprint density at radius 2 is 2.08 bits per heavy atom. The lowest BCUT2D eigenvalue weighted by atomic mass is 10.0. The van der Waals surface area contributed by atoms with Crippen molar-refractivity contribution in [1.29, 1.82) is 0 Å². The van der Waals surface area contributed by atoms with E-state index in [-0.39, 0.29) is 23.9 Å². The van der Waals surface area contributed by atoms with Crippen LogP contribution in [0.5, 0.6) is 0 Å². The molecule has 2 aromatic rings. The van der Waals surface area contributed by atoms with Crippen LogP contribution < -0.4 is 11.0 Å². The maximum absolute atomic E-state index is 12.6. The maximum atomic E-state index is 12.6. The molecule has 2 atom stereocenters. The third kappa shape index (κ3) is 3.77. The molecule has 0 radical (unpaired) electrons. The topological polar surface area (TPSA) is 79.4 Å². The first kappa shape index (κ1) is 18.5. The molecule has 0 bridgehead atoms. The molecule has 2 heterocycles. The molecular weight excluding hydrogens is 332 g/mol. The number of aromatic nitrogens is 2. The summed E-state index contributed by atoms with van der Waals surface area (Å²) in [5.74, 6) is 0. The minimum atomic E-state index is -0.518. The number of hydrogen-bond acceptors (Lipinski definition) is 4. The molecule has 1 fully saturated rings. The summed E-state index contributed by atoms with van der Waals surface area (Å²) in [6.07, 6.45) is 0.479. The van der Waals surface area contributed by atoms with Crippen LogP contribution in [0.15, 0.2) is 29.1 Å². The molecule has 2 unspecified atom stereocenters. The number of ether oxygens (including phenoxy) is 1. The number of amides is 1. The lowest BCUT2D eigenvalue weighted by Gasteiger charge is -2.38. The van der Waals surface area contributed by atoms with E-state index >= 15 is 0 Å². The van der Waals surface area contributed by atoms with Gasteiger partial charge in [-0.3, -0.25) is 4.57 Å². The summed E-state index contributed by atoms with van der Waals surface area (Å²) >= 11 is 0. The molecule has 1 aliphatic heterocycles. The van der Waals surface area contributed by atoms with E-state index in [1.54, 1.807) is 4.90 Å². The highest BCUT2D eigenvalue weighted by Gasteiger charge is 2.32. The summed E-state index contributed by atoms with van der Waals surface area (Å²) in [5.41, 5.74) is 1.08. The van der Waals surface area contributed by atoms with Gasteiger partial charge in [-0.1, -0.05) is 19.1 Å². The van der Waals surface area contributed by atoms with Gasteiger partial charge in [-0.25, -0.2) is 9.59 Å². The van der Waals surface area contributed by atoms with Crippen molar-refractivity contribution >= 4 is 17.1 Å². The fourth-order valence-electron chi connectivity index (χ4n) is 3.58. The number of nitrogens with one attached hydrogen (secondary N) is 2. The molecule has 1 amide bonds. The zero-order chi connectivity index (χ0) is 18.9. The average Bonchev–Trinajstić information content (AvgIpc) is 2.91. The summed E-state index contributed by atoms with van der Waals surface area (Å²) in [7, 11) is 0. The SMILES string of the molecule is CCC(C1CN(C(=O)OC(C)(C)C)CCN1)n1c(=O)[nH]c2ccccc21. The van der Waals surface area contributed by atoms with Crippen LogP contribution in [-0.2, 0) is 4.74 Å².